The van der Waals surface area contributed by atoms with E-state index in [0.717, 1.165) is 37.2 Å². The summed E-state index contributed by atoms with van der Waals surface area (Å²) >= 11 is 0. The second-order valence-electron chi connectivity index (χ2n) is 6.65. The zero-order chi connectivity index (χ0) is 16.8. The molecule has 0 amide bonds. The van der Waals surface area contributed by atoms with E-state index >= 15 is 0 Å². The van der Waals surface area contributed by atoms with Gasteiger partial charge >= 0.3 is 0 Å². The summed E-state index contributed by atoms with van der Waals surface area (Å²) in [6.07, 6.45) is 4.12. The van der Waals surface area contributed by atoms with E-state index in [4.69, 9.17) is 0 Å². The topological polar surface area (TPSA) is 64.8 Å². The lowest BCUT2D eigenvalue weighted by Crippen LogP contribution is -2.41. The Bertz CT molecular complexity index is 561. The Labute approximate surface area is 140 Å². The summed E-state index contributed by atoms with van der Waals surface area (Å²) < 4.78 is 0. The molecule has 2 heterocycles. The fourth-order valence-corrected chi connectivity index (χ4v) is 3.39. The van der Waals surface area contributed by atoms with Crippen molar-refractivity contribution in [3.63, 3.8) is 0 Å². The molecule has 1 aromatic heterocycles. The highest BCUT2D eigenvalue weighted by Crippen LogP contribution is 2.22. The molecule has 23 heavy (non-hydrogen) atoms. The summed E-state index contributed by atoms with van der Waals surface area (Å²) in [5.41, 5.74) is 2.66. The van der Waals surface area contributed by atoms with Gasteiger partial charge in [-0.3, -0.25) is 0 Å². The van der Waals surface area contributed by atoms with E-state index in [1.807, 2.05) is 0 Å². The minimum absolute atomic E-state index is 0.600. The maximum Gasteiger partial charge on any atom is 0.166 e. The van der Waals surface area contributed by atoms with Crippen molar-refractivity contribution in [2.75, 3.05) is 25.0 Å². The molecule has 0 aromatic carbocycles. The quantitative estimate of drug-likeness (QED) is 0.874. The molecule has 1 aromatic rings. The Morgan fingerprint density at radius 2 is 2.09 bits per heavy atom. The number of anilines is 1. The molecule has 5 heteroatoms. The van der Waals surface area contributed by atoms with E-state index in [9.17, 15) is 5.26 Å². The first-order chi connectivity index (χ1) is 11.1. The highest BCUT2D eigenvalue weighted by Gasteiger charge is 2.22. The van der Waals surface area contributed by atoms with Crippen molar-refractivity contribution < 1.29 is 0 Å². The van der Waals surface area contributed by atoms with Crippen molar-refractivity contribution in [3.8, 4) is 6.07 Å². The zero-order valence-electron chi connectivity index (χ0n) is 14.9. The fraction of sp³-hybridized carbons (Fsp3) is 0.722. The van der Waals surface area contributed by atoms with Crippen LogP contribution in [0.5, 0.6) is 0 Å². The van der Waals surface area contributed by atoms with Gasteiger partial charge in [0.15, 0.2) is 5.82 Å². The molecule has 126 valence electrons. The number of rotatable bonds is 6. The van der Waals surface area contributed by atoms with Gasteiger partial charge < -0.3 is 10.2 Å². The molecule has 2 rings (SSSR count). The first kappa shape index (κ1) is 17.7. The Hall–Kier alpha value is -1.67. The van der Waals surface area contributed by atoms with E-state index in [1.165, 1.54) is 19.4 Å². The Morgan fingerprint density at radius 3 is 2.70 bits per heavy atom. The van der Waals surface area contributed by atoms with Crippen LogP contribution in [0.2, 0.25) is 0 Å². The van der Waals surface area contributed by atoms with Crippen LogP contribution in [0.25, 0.3) is 0 Å². The fourth-order valence-electron chi connectivity index (χ4n) is 3.39. The second kappa shape index (κ2) is 8.26. The Kier molecular flexibility index (Phi) is 6.35. The molecule has 1 aliphatic rings. The summed E-state index contributed by atoms with van der Waals surface area (Å²) in [6.45, 7) is 11.8. The molecule has 1 fully saturated rings. The minimum atomic E-state index is 0.600. The number of piperidine rings is 1. The van der Waals surface area contributed by atoms with E-state index < -0.39 is 0 Å². The van der Waals surface area contributed by atoms with Crippen LogP contribution in [0.15, 0.2) is 0 Å². The summed E-state index contributed by atoms with van der Waals surface area (Å²) in [5.74, 6) is 1.26. The number of hydrogen-bond donors (Lipinski definition) is 1. The number of aryl methyl sites for hydroxylation is 1. The molecular formula is C18H29N5. The largest absolute Gasteiger partial charge is 0.367 e. The van der Waals surface area contributed by atoms with Crippen LogP contribution in [-0.2, 0) is 12.8 Å². The van der Waals surface area contributed by atoms with Gasteiger partial charge in [-0.1, -0.05) is 13.8 Å². The normalized spacial score (nSPS) is 18.9. The number of nitrogens with zero attached hydrogens (tertiary/aromatic N) is 4. The lowest BCUT2D eigenvalue weighted by molar-refractivity contribution is 0.145. The number of nitriles is 1. The Morgan fingerprint density at radius 1 is 1.30 bits per heavy atom. The first-order valence-electron chi connectivity index (χ1n) is 8.87. The van der Waals surface area contributed by atoms with Crippen LogP contribution >= 0.6 is 0 Å². The summed E-state index contributed by atoms with van der Waals surface area (Å²) in [4.78, 5) is 2.53. The van der Waals surface area contributed by atoms with Gasteiger partial charge in [-0.2, -0.15) is 10.4 Å². The van der Waals surface area contributed by atoms with Gasteiger partial charge in [-0.15, -0.1) is 5.10 Å². The van der Waals surface area contributed by atoms with Crippen LogP contribution in [0, 0.1) is 17.2 Å². The van der Waals surface area contributed by atoms with Gasteiger partial charge in [0.25, 0.3) is 0 Å². The third-order valence-corrected chi connectivity index (χ3v) is 4.80. The molecule has 0 saturated carbocycles. The van der Waals surface area contributed by atoms with Gasteiger partial charge in [-0.05, 0) is 57.6 Å². The predicted octanol–water partition coefficient (Wildman–Crippen LogP) is 3.01. The minimum Gasteiger partial charge on any atom is -0.367 e. The molecule has 0 radical (unpaired) electrons. The number of aromatic nitrogens is 2. The van der Waals surface area contributed by atoms with Crippen LogP contribution in [0.4, 0.5) is 5.82 Å². The molecule has 1 saturated heterocycles. The van der Waals surface area contributed by atoms with Gasteiger partial charge in [0.1, 0.15) is 11.6 Å². The molecular weight excluding hydrogens is 286 g/mol. The molecule has 1 aliphatic heterocycles. The summed E-state index contributed by atoms with van der Waals surface area (Å²) in [6, 6.07) is 2.93. The lowest BCUT2D eigenvalue weighted by Gasteiger charge is -2.35. The molecule has 0 aliphatic carbocycles. The number of likely N-dealkylation sites (tertiary alicyclic amines) is 1. The summed E-state index contributed by atoms with van der Waals surface area (Å²) in [5, 5.41) is 21.5. The lowest BCUT2D eigenvalue weighted by atomic mass is 9.96. The van der Waals surface area contributed by atoms with Crippen LogP contribution in [0.1, 0.15) is 57.4 Å². The predicted molar refractivity (Wildman–Crippen MR) is 93.4 cm³/mol. The van der Waals surface area contributed by atoms with Crippen molar-refractivity contribution in [2.45, 2.75) is 59.4 Å². The van der Waals surface area contributed by atoms with Gasteiger partial charge in [0.05, 0.1) is 5.69 Å². The third-order valence-electron chi connectivity index (χ3n) is 4.80. The van der Waals surface area contributed by atoms with Crippen molar-refractivity contribution >= 4 is 5.82 Å². The van der Waals surface area contributed by atoms with E-state index in [2.05, 4.69) is 54.2 Å². The van der Waals surface area contributed by atoms with Gasteiger partial charge in [0.2, 0.25) is 0 Å². The molecule has 1 atom stereocenters. The van der Waals surface area contributed by atoms with E-state index in [1.54, 1.807) is 0 Å². The smallest absolute Gasteiger partial charge is 0.166 e. The molecule has 0 bridgehead atoms. The number of hydrogen-bond acceptors (Lipinski definition) is 5. The van der Waals surface area contributed by atoms with Crippen LogP contribution < -0.4 is 5.32 Å². The van der Waals surface area contributed by atoms with E-state index in [-0.39, 0.29) is 0 Å². The van der Waals surface area contributed by atoms with Crippen molar-refractivity contribution in [1.29, 1.82) is 5.26 Å². The highest BCUT2D eigenvalue weighted by atomic mass is 15.2. The van der Waals surface area contributed by atoms with Crippen molar-refractivity contribution in [3.05, 3.63) is 16.8 Å². The second-order valence-corrected chi connectivity index (χ2v) is 6.65. The standard InChI is InChI=1S/C18H29N5/c1-5-15-16(10-19)18(22-21-17(15)6-2)20-11-14-8-7-9-23(12-14)13(3)4/h13-14H,5-9,11-12H2,1-4H3,(H,20,22). The first-order valence-corrected chi connectivity index (χ1v) is 8.87. The molecule has 0 spiro atoms. The highest BCUT2D eigenvalue weighted by molar-refractivity contribution is 5.56. The molecule has 1 unspecified atom stereocenters. The zero-order valence-corrected chi connectivity index (χ0v) is 14.9. The Balaban J connectivity index is 2.07. The average molecular weight is 315 g/mol. The number of nitrogens with one attached hydrogen (secondary N) is 1. The maximum atomic E-state index is 9.54. The van der Waals surface area contributed by atoms with Crippen LogP contribution in [0.3, 0.4) is 0 Å². The van der Waals surface area contributed by atoms with Crippen LogP contribution in [-0.4, -0.2) is 40.8 Å². The molecule has 1 N–H and O–H groups in total. The third kappa shape index (κ3) is 4.20. The molecule has 5 nitrogen and oxygen atoms in total. The van der Waals surface area contributed by atoms with Gasteiger partial charge in [-0.25, -0.2) is 0 Å². The van der Waals surface area contributed by atoms with E-state index in [0.29, 0.717) is 23.3 Å². The average Bonchev–Trinajstić information content (AvgIpc) is 2.58. The monoisotopic (exact) mass is 315 g/mol. The van der Waals surface area contributed by atoms with Crippen molar-refractivity contribution in [2.24, 2.45) is 5.92 Å². The van der Waals surface area contributed by atoms with Gasteiger partial charge in [0, 0.05) is 19.1 Å². The maximum absolute atomic E-state index is 9.54. The summed E-state index contributed by atoms with van der Waals surface area (Å²) in [7, 11) is 0. The van der Waals surface area contributed by atoms with Crippen molar-refractivity contribution in [1.82, 2.24) is 15.1 Å². The SMILES string of the molecule is CCc1nnc(NCC2CCCN(C(C)C)C2)c(C#N)c1CC.